The summed E-state index contributed by atoms with van der Waals surface area (Å²) in [5, 5.41) is 3.34. The van der Waals surface area contributed by atoms with Crippen LogP contribution in [0.1, 0.15) is 26.7 Å². The lowest BCUT2D eigenvalue weighted by Crippen LogP contribution is -2.39. The summed E-state index contributed by atoms with van der Waals surface area (Å²) in [6, 6.07) is 6.56. The first-order chi connectivity index (χ1) is 10.3. The number of hydrogen-bond donors (Lipinski definition) is 1. The molecular formula is C15H23ClN2O3S. The van der Waals surface area contributed by atoms with Gasteiger partial charge in [-0.3, -0.25) is 9.10 Å². The third kappa shape index (κ3) is 5.50. The summed E-state index contributed by atoms with van der Waals surface area (Å²) in [6.45, 7) is 4.38. The molecule has 0 atom stereocenters. The highest BCUT2D eigenvalue weighted by Gasteiger charge is 2.18. The zero-order chi connectivity index (χ0) is 16.8. The van der Waals surface area contributed by atoms with Crippen molar-refractivity contribution in [1.82, 2.24) is 5.32 Å². The van der Waals surface area contributed by atoms with Crippen molar-refractivity contribution in [2.45, 2.75) is 26.7 Å². The van der Waals surface area contributed by atoms with Crippen LogP contribution in [-0.2, 0) is 14.8 Å². The van der Waals surface area contributed by atoms with E-state index < -0.39 is 10.0 Å². The minimum atomic E-state index is -3.42. The van der Waals surface area contributed by atoms with E-state index in [4.69, 9.17) is 11.6 Å². The topological polar surface area (TPSA) is 66.5 Å². The number of rotatable bonds is 8. The molecule has 22 heavy (non-hydrogen) atoms. The number of nitrogens with one attached hydrogen (secondary N) is 1. The smallest absolute Gasteiger partial charge is 0.232 e. The van der Waals surface area contributed by atoms with Crippen LogP contribution < -0.4 is 9.62 Å². The quantitative estimate of drug-likeness (QED) is 0.787. The molecule has 1 aromatic rings. The molecular weight excluding hydrogens is 324 g/mol. The van der Waals surface area contributed by atoms with E-state index in [0.29, 0.717) is 10.7 Å². The van der Waals surface area contributed by atoms with Gasteiger partial charge in [0.25, 0.3) is 0 Å². The third-order valence-corrected chi connectivity index (χ3v) is 4.93. The highest BCUT2D eigenvalue weighted by molar-refractivity contribution is 7.92. The highest BCUT2D eigenvalue weighted by Crippen LogP contribution is 2.20. The van der Waals surface area contributed by atoms with Crippen LogP contribution in [0.3, 0.4) is 0 Å². The fraction of sp³-hybridized carbons (Fsp3) is 0.533. The summed E-state index contributed by atoms with van der Waals surface area (Å²) in [7, 11) is -3.42. The molecule has 0 aliphatic heterocycles. The van der Waals surface area contributed by atoms with E-state index in [1.165, 1.54) is 4.31 Å². The Morgan fingerprint density at radius 2 is 1.77 bits per heavy atom. The van der Waals surface area contributed by atoms with Crippen LogP contribution in [0.25, 0.3) is 0 Å². The molecule has 0 bridgehead atoms. The largest absolute Gasteiger partial charge is 0.354 e. The van der Waals surface area contributed by atoms with E-state index in [-0.39, 0.29) is 24.9 Å². The van der Waals surface area contributed by atoms with Gasteiger partial charge in [0.2, 0.25) is 15.9 Å². The Hall–Kier alpha value is -1.27. The Bertz CT molecular complexity index is 583. The standard InChI is InChI=1S/C15H23ClN2O3S/c1-4-12(5-2)15(19)17-10-11-18(22(3,20)21)14-8-6-13(16)7-9-14/h6-9,12H,4-5,10-11H2,1-3H3,(H,17,19). The maximum atomic E-state index is 11.9. The van der Waals surface area contributed by atoms with E-state index in [1.54, 1.807) is 24.3 Å². The van der Waals surface area contributed by atoms with Crippen molar-refractivity contribution in [1.29, 1.82) is 0 Å². The fourth-order valence-electron chi connectivity index (χ4n) is 2.18. The van der Waals surface area contributed by atoms with Crippen LogP contribution in [0.2, 0.25) is 5.02 Å². The second kappa shape index (κ2) is 8.39. The molecule has 0 aromatic heterocycles. The minimum absolute atomic E-state index is 0.0257. The van der Waals surface area contributed by atoms with Crippen molar-refractivity contribution < 1.29 is 13.2 Å². The predicted molar refractivity (Wildman–Crippen MR) is 90.7 cm³/mol. The Morgan fingerprint density at radius 1 is 1.23 bits per heavy atom. The number of sulfonamides is 1. The van der Waals surface area contributed by atoms with Gasteiger partial charge in [-0.2, -0.15) is 0 Å². The molecule has 0 spiro atoms. The van der Waals surface area contributed by atoms with Crippen LogP contribution in [0.4, 0.5) is 5.69 Å². The van der Waals surface area contributed by atoms with Crippen molar-refractivity contribution in [3.05, 3.63) is 29.3 Å². The Labute approximate surface area is 137 Å². The van der Waals surface area contributed by atoms with Gasteiger partial charge in [0.05, 0.1) is 18.5 Å². The fourth-order valence-corrected chi connectivity index (χ4v) is 3.23. The van der Waals surface area contributed by atoms with E-state index in [2.05, 4.69) is 5.32 Å². The van der Waals surface area contributed by atoms with Gasteiger partial charge in [-0.05, 0) is 37.1 Å². The summed E-state index contributed by atoms with van der Waals surface area (Å²) >= 11 is 5.82. The molecule has 0 radical (unpaired) electrons. The summed E-state index contributed by atoms with van der Waals surface area (Å²) in [4.78, 5) is 11.9. The van der Waals surface area contributed by atoms with Crippen molar-refractivity contribution in [2.75, 3.05) is 23.7 Å². The lowest BCUT2D eigenvalue weighted by atomic mass is 10.0. The molecule has 1 N–H and O–H groups in total. The summed E-state index contributed by atoms with van der Waals surface area (Å²) < 4.78 is 25.1. The third-order valence-electron chi connectivity index (χ3n) is 3.49. The average Bonchev–Trinajstić information content (AvgIpc) is 2.45. The molecule has 0 aliphatic carbocycles. The Morgan fingerprint density at radius 3 is 2.23 bits per heavy atom. The van der Waals surface area contributed by atoms with Gasteiger partial charge in [-0.1, -0.05) is 25.4 Å². The van der Waals surface area contributed by atoms with Gasteiger partial charge in [-0.25, -0.2) is 8.42 Å². The average molecular weight is 347 g/mol. The molecule has 0 heterocycles. The van der Waals surface area contributed by atoms with Gasteiger partial charge in [0.15, 0.2) is 0 Å². The maximum Gasteiger partial charge on any atom is 0.232 e. The molecule has 1 aromatic carbocycles. The second-order valence-electron chi connectivity index (χ2n) is 5.12. The van der Waals surface area contributed by atoms with Crippen molar-refractivity contribution in [3.63, 3.8) is 0 Å². The molecule has 0 saturated heterocycles. The van der Waals surface area contributed by atoms with Crippen LogP contribution in [0, 0.1) is 5.92 Å². The molecule has 0 unspecified atom stereocenters. The van der Waals surface area contributed by atoms with E-state index in [1.807, 2.05) is 13.8 Å². The second-order valence-corrected chi connectivity index (χ2v) is 7.46. The number of anilines is 1. The van der Waals surface area contributed by atoms with Gasteiger partial charge < -0.3 is 5.32 Å². The zero-order valence-corrected chi connectivity index (χ0v) is 14.7. The number of carbonyl (C=O) groups is 1. The Balaban J connectivity index is 2.72. The first-order valence-corrected chi connectivity index (χ1v) is 9.53. The SMILES string of the molecule is CCC(CC)C(=O)NCCN(c1ccc(Cl)cc1)S(C)(=O)=O. The Kier molecular flexibility index (Phi) is 7.16. The highest BCUT2D eigenvalue weighted by atomic mass is 35.5. The van der Waals surface area contributed by atoms with Gasteiger partial charge in [0, 0.05) is 17.5 Å². The zero-order valence-electron chi connectivity index (χ0n) is 13.2. The normalized spacial score (nSPS) is 11.5. The number of amides is 1. The van der Waals surface area contributed by atoms with Crippen LogP contribution in [0.15, 0.2) is 24.3 Å². The molecule has 1 rings (SSSR count). The van der Waals surface area contributed by atoms with Gasteiger partial charge in [-0.15, -0.1) is 0 Å². The number of benzene rings is 1. The summed E-state index contributed by atoms with van der Waals surface area (Å²) in [5.74, 6) is -0.0585. The summed E-state index contributed by atoms with van der Waals surface area (Å²) in [5.41, 5.74) is 0.531. The molecule has 0 aliphatic rings. The van der Waals surface area contributed by atoms with Crippen molar-refractivity contribution in [2.24, 2.45) is 5.92 Å². The molecule has 0 saturated carbocycles. The van der Waals surface area contributed by atoms with Crippen LogP contribution in [0.5, 0.6) is 0 Å². The van der Waals surface area contributed by atoms with Crippen molar-refractivity contribution in [3.8, 4) is 0 Å². The lowest BCUT2D eigenvalue weighted by molar-refractivity contribution is -0.125. The van der Waals surface area contributed by atoms with E-state index in [9.17, 15) is 13.2 Å². The van der Waals surface area contributed by atoms with Crippen LogP contribution in [-0.4, -0.2) is 33.7 Å². The monoisotopic (exact) mass is 346 g/mol. The minimum Gasteiger partial charge on any atom is -0.354 e. The maximum absolute atomic E-state index is 11.9. The number of halogens is 1. The van der Waals surface area contributed by atoms with Crippen LogP contribution >= 0.6 is 11.6 Å². The van der Waals surface area contributed by atoms with E-state index in [0.717, 1.165) is 19.1 Å². The molecule has 5 nitrogen and oxygen atoms in total. The molecule has 1 amide bonds. The number of carbonyl (C=O) groups excluding carboxylic acids is 1. The predicted octanol–water partition coefficient (Wildman–Crippen LogP) is 2.66. The van der Waals surface area contributed by atoms with Gasteiger partial charge >= 0.3 is 0 Å². The van der Waals surface area contributed by atoms with E-state index >= 15 is 0 Å². The van der Waals surface area contributed by atoms with Gasteiger partial charge in [0.1, 0.15) is 0 Å². The first kappa shape index (κ1) is 18.8. The van der Waals surface area contributed by atoms with Crippen molar-refractivity contribution >= 4 is 33.2 Å². The number of nitrogens with zero attached hydrogens (tertiary/aromatic N) is 1. The molecule has 124 valence electrons. The molecule has 0 fully saturated rings. The molecule has 7 heteroatoms. The summed E-state index contributed by atoms with van der Waals surface area (Å²) in [6.07, 6.45) is 2.69. The number of hydrogen-bond acceptors (Lipinski definition) is 3. The lowest BCUT2D eigenvalue weighted by Gasteiger charge is -2.23. The first-order valence-electron chi connectivity index (χ1n) is 7.30.